The molecule has 3 heterocycles. The van der Waals surface area contributed by atoms with E-state index in [0.29, 0.717) is 49.6 Å². The van der Waals surface area contributed by atoms with Crippen molar-refractivity contribution >= 4 is 25.6 Å². The summed E-state index contributed by atoms with van der Waals surface area (Å²) in [4.78, 5) is 39.2. The molecule has 1 aliphatic rings. The van der Waals surface area contributed by atoms with E-state index in [2.05, 4.69) is 45.5 Å². The van der Waals surface area contributed by atoms with Gasteiger partial charge in [0.25, 0.3) is 11.5 Å². The topological polar surface area (TPSA) is 124 Å². The van der Waals surface area contributed by atoms with Crippen LogP contribution in [0.4, 0.5) is 38.0 Å². The van der Waals surface area contributed by atoms with Gasteiger partial charge in [-0.05, 0) is 25.8 Å². The molecule has 244 valence electrons. The summed E-state index contributed by atoms with van der Waals surface area (Å²) in [5.74, 6) is -0.445. The Kier molecular flexibility index (Phi) is 11.5. The molecule has 2 aromatic rings. The third kappa shape index (κ3) is 10.6. The van der Waals surface area contributed by atoms with Crippen LogP contribution in [0, 0.1) is 0 Å². The van der Waals surface area contributed by atoms with Gasteiger partial charge in [-0.25, -0.2) is 20.1 Å². The number of alkyl halides is 6. The second-order valence-electron chi connectivity index (χ2n) is 11.5. The van der Waals surface area contributed by atoms with Crippen LogP contribution < -0.4 is 21.3 Å². The SMILES string of the molecule is C[C@@H](CONC(=O)C=C1CCN(c2ncc(C(F)(F)F)cn2)CC1)Nc1cnn(COCC[Si](C)(C)C)c(=O)c1C(F)(F)F. The number of carbonyl (C=O) groups excluding carboxylic acids is 1. The van der Waals surface area contributed by atoms with E-state index in [9.17, 15) is 35.9 Å². The average molecular weight is 652 g/mol. The van der Waals surface area contributed by atoms with E-state index in [4.69, 9.17) is 9.57 Å². The van der Waals surface area contributed by atoms with Crippen LogP contribution in [0.5, 0.6) is 0 Å². The number of hydrogen-bond donors (Lipinski definition) is 2. The summed E-state index contributed by atoms with van der Waals surface area (Å²) in [6.45, 7) is 8.26. The number of nitrogens with one attached hydrogen (secondary N) is 2. The summed E-state index contributed by atoms with van der Waals surface area (Å²) in [6, 6.07) is 0.0135. The smallest absolute Gasteiger partial charge is 0.378 e. The molecule has 1 amide bonds. The minimum atomic E-state index is -4.96. The van der Waals surface area contributed by atoms with E-state index < -0.39 is 61.5 Å². The lowest BCUT2D eigenvalue weighted by atomic mass is 10.0. The Morgan fingerprint density at radius 1 is 1.07 bits per heavy atom. The summed E-state index contributed by atoms with van der Waals surface area (Å²) in [5.41, 5.74) is -1.30. The normalized spacial score (nSPS) is 15.2. The highest BCUT2D eigenvalue weighted by Crippen LogP contribution is 2.32. The molecule has 1 atom stereocenters. The number of halogens is 6. The fourth-order valence-electron chi connectivity index (χ4n) is 4.02. The van der Waals surface area contributed by atoms with Gasteiger partial charge in [-0.1, -0.05) is 25.2 Å². The van der Waals surface area contributed by atoms with E-state index in [1.807, 2.05) is 0 Å². The fourth-order valence-corrected chi connectivity index (χ4v) is 4.78. The second-order valence-corrected chi connectivity index (χ2v) is 17.1. The van der Waals surface area contributed by atoms with Gasteiger partial charge in [0, 0.05) is 52.3 Å². The van der Waals surface area contributed by atoms with Crippen molar-refractivity contribution in [2.75, 3.05) is 36.5 Å². The van der Waals surface area contributed by atoms with Crippen LogP contribution in [-0.2, 0) is 33.5 Å². The standard InChI is InChI=1S/C26H35F6N7O4Si/c1-17(36-20-14-35-39(16-42-9-10-44(2,3)4)23(41)22(20)26(30,31)32)15-43-37-21(40)11-18-5-7-38(8-6-18)24-33-12-19(13-34-24)25(27,28)29/h11-14,17,36H,5-10,15-16H2,1-4H3,(H,37,40)/t17-/m0/s1. The van der Waals surface area contributed by atoms with Gasteiger partial charge in [-0.3, -0.25) is 14.4 Å². The van der Waals surface area contributed by atoms with Crippen LogP contribution in [0.2, 0.25) is 25.7 Å². The number of anilines is 2. The molecule has 0 aromatic carbocycles. The monoisotopic (exact) mass is 651 g/mol. The van der Waals surface area contributed by atoms with Gasteiger partial charge in [-0.15, -0.1) is 0 Å². The third-order valence-electron chi connectivity index (χ3n) is 6.43. The molecule has 18 heteroatoms. The molecule has 1 saturated heterocycles. The minimum absolute atomic E-state index is 0.151. The zero-order chi connectivity index (χ0) is 32.7. The molecule has 0 saturated carbocycles. The number of rotatable bonds is 12. The Bertz CT molecular complexity index is 1350. The first-order chi connectivity index (χ1) is 20.4. The largest absolute Gasteiger partial charge is 0.423 e. The first-order valence-corrected chi connectivity index (χ1v) is 17.4. The maximum Gasteiger partial charge on any atom is 0.423 e. The fraction of sp³-hybridized carbons (Fsp3) is 0.577. The van der Waals surface area contributed by atoms with E-state index in [-0.39, 0.29) is 12.6 Å². The van der Waals surface area contributed by atoms with E-state index in [0.717, 1.165) is 17.8 Å². The molecule has 2 aromatic heterocycles. The summed E-state index contributed by atoms with van der Waals surface area (Å²) in [7, 11) is -1.42. The maximum atomic E-state index is 13.8. The van der Waals surface area contributed by atoms with Gasteiger partial charge in [0.15, 0.2) is 0 Å². The van der Waals surface area contributed by atoms with Gasteiger partial charge in [0.2, 0.25) is 5.95 Å². The molecule has 1 aliphatic heterocycles. The quantitative estimate of drug-likeness (QED) is 0.113. The van der Waals surface area contributed by atoms with Crippen molar-refractivity contribution in [2.45, 2.75) is 70.6 Å². The van der Waals surface area contributed by atoms with E-state index in [1.54, 1.807) is 4.90 Å². The third-order valence-corrected chi connectivity index (χ3v) is 8.14. The van der Waals surface area contributed by atoms with Crippen molar-refractivity contribution in [2.24, 2.45) is 0 Å². The van der Waals surface area contributed by atoms with Crippen LogP contribution in [0.1, 0.15) is 30.9 Å². The number of nitrogens with zero attached hydrogens (tertiary/aromatic N) is 5. The van der Waals surface area contributed by atoms with E-state index in [1.165, 1.54) is 13.0 Å². The van der Waals surface area contributed by atoms with Gasteiger partial charge < -0.3 is 15.0 Å². The summed E-state index contributed by atoms with van der Waals surface area (Å²) >= 11 is 0. The maximum absolute atomic E-state index is 13.8. The lowest BCUT2D eigenvalue weighted by Crippen LogP contribution is -2.35. The molecule has 11 nitrogen and oxygen atoms in total. The van der Waals surface area contributed by atoms with Crippen LogP contribution >= 0.6 is 0 Å². The van der Waals surface area contributed by atoms with Crippen LogP contribution in [-0.4, -0.2) is 66.1 Å². The molecule has 0 radical (unpaired) electrons. The van der Waals surface area contributed by atoms with Crippen LogP contribution in [0.15, 0.2) is 35.0 Å². The molecule has 0 bridgehead atoms. The highest BCUT2D eigenvalue weighted by Gasteiger charge is 2.38. The summed E-state index contributed by atoms with van der Waals surface area (Å²) in [6.07, 6.45) is -4.99. The number of piperidine rings is 1. The zero-order valence-corrected chi connectivity index (χ0v) is 25.7. The predicted octanol–water partition coefficient (Wildman–Crippen LogP) is 4.46. The van der Waals surface area contributed by atoms with Crippen molar-refractivity contribution < 1.29 is 40.7 Å². The number of ether oxygens (including phenoxy) is 1. The lowest BCUT2D eigenvalue weighted by Gasteiger charge is -2.28. The van der Waals surface area contributed by atoms with Crippen molar-refractivity contribution in [3.8, 4) is 0 Å². The summed E-state index contributed by atoms with van der Waals surface area (Å²) in [5, 5.41) is 6.36. The van der Waals surface area contributed by atoms with Gasteiger partial charge in [0.1, 0.15) is 12.3 Å². The Balaban J connectivity index is 1.48. The highest BCUT2D eigenvalue weighted by atomic mass is 28.3. The Hall–Kier alpha value is -3.51. The average Bonchev–Trinajstić information content (AvgIpc) is 2.91. The first kappa shape index (κ1) is 35.0. The zero-order valence-electron chi connectivity index (χ0n) is 24.7. The molecule has 44 heavy (non-hydrogen) atoms. The number of hydroxylamine groups is 1. The molecule has 3 rings (SSSR count). The molecular weight excluding hydrogens is 616 g/mol. The van der Waals surface area contributed by atoms with Crippen molar-refractivity contribution in [1.29, 1.82) is 0 Å². The number of amides is 1. The number of carbonyl (C=O) groups is 1. The Labute approximate surface area is 250 Å². The molecule has 1 fully saturated rings. The molecular formula is C26H35F6N7O4Si. The lowest BCUT2D eigenvalue weighted by molar-refractivity contribution is -0.139. The highest BCUT2D eigenvalue weighted by molar-refractivity contribution is 6.76. The molecule has 2 N–H and O–H groups in total. The van der Waals surface area contributed by atoms with Crippen LogP contribution in [0.25, 0.3) is 0 Å². The van der Waals surface area contributed by atoms with Crippen molar-refractivity contribution in [3.63, 3.8) is 0 Å². The van der Waals surface area contributed by atoms with Crippen LogP contribution in [0.3, 0.4) is 0 Å². The van der Waals surface area contributed by atoms with Gasteiger partial charge in [-0.2, -0.15) is 31.4 Å². The predicted molar refractivity (Wildman–Crippen MR) is 151 cm³/mol. The van der Waals surface area contributed by atoms with Crippen molar-refractivity contribution in [1.82, 2.24) is 25.2 Å². The summed E-state index contributed by atoms with van der Waals surface area (Å²) < 4.78 is 85.5. The van der Waals surface area contributed by atoms with Gasteiger partial charge in [0.05, 0.1) is 24.1 Å². The number of hydrogen-bond acceptors (Lipinski definition) is 9. The Morgan fingerprint density at radius 3 is 2.27 bits per heavy atom. The molecule has 0 spiro atoms. The minimum Gasteiger partial charge on any atom is -0.378 e. The number of aromatic nitrogens is 4. The van der Waals surface area contributed by atoms with Gasteiger partial charge >= 0.3 is 12.4 Å². The molecule has 0 aliphatic carbocycles. The first-order valence-electron chi connectivity index (χ1n) is 13.7. The molecule has 0 unspecified atom stereocenters. The Morgan fingerprint density at radius 2 is 1.70 bits per heavy atom. The van der Waals surface area contributed by atoms with Crippen molar-refractivity contribution in [3.05, 3.63) is 51.7 Å². The van der Waals surface area contributed by atoms with E-state index >= 15 is 0 Å². The second kappa shape index (κ2) is 14.5.